The fourth-order valence-electron chi connectivity index (χ4n) is 3.41. The lowest BCUT2D eigenvalue weighted by atomic mass is 9.87. The molecule has 0 saturated heterocycles. The number of ether oxygens (including phenoxy) is 1. The van der Waals surface area contributed by atoms with E-state index >= 15 is 0 Å². The SMILES string of the molecule is C=CC(=O)OCCCCCc1ccc2c(c1)C=C(c1ccccc1)CC2. The van der Waals surface area contributed by atoms with Crippen LogP contribution in [0.2, 0.25) is 0 Å². The highest BCUT2D eigenvalue weighted by atomic mass is 16.5. The quantitative estimate of drug-likeness (QED) is 0.352. The molecule has 0 radical (unpaired) electrons. The van der Waals surface area contributed by atoms with Gasteiger partial charge in [-0.2, -0.15) is 0 Å². The molecule has 0 spiro atoms. The Morgan fingerprint density at radius 2 is 1.88 bits per heavy atom. The molecule has 0 saturated carbocycles. The second-order valence-corrected chi connectivity index (χ2v) is 6.75. The van der Waals surface area contributed by atoms with E-state index in [-0.39, 0.29) is 5.97 Å². The fraction of sp³-hybridized carbons (Fsp3) is 0.292. The van der Waals surface area contributed by atoms with Crippen molar-refractivity contribution >= 4 is 17.6 Å². The zero-order chi connectivity index (χ0) is 18.2. The van der Waals surface area contributed by atoms with Crippen LogP contribution >= 0.6 is 0 Å². The number of fused-ring (bicyclic) bond motifs is 1. The van der Waals surface area contributed by atoms with Gasteiger partial charge in [0.25, 0.3) is 0 Å². The van der Waals surface area contributed by atoms with Gasteiger partial charge in [-0.1, -0.05) is 61.2 Å². The van der Waals surface area contributed by atoms with E-state index in [1.807, 2.05) is 0 Å². The van der Waals surface area contributed by atoms with Gasteiger partial charge in [-0.05, 0) is 66.4 Å². The molecule has 0 heterocycles. The molecular formula is C24H26O2. The van der Waals surface area contributed by atoms with Gasteiger partial charge in [0.15, 0.2) is 0 Å². The molecular weight excluding hydrogens is 320 g/mol. The van der Waals surface area contributed by atoms with Crippen LogP contribution in [0.4, 0.5) is 0 Å². The largest absolute Gasteiger partial charge is 0.463 e. The zero-order valence-corrected chi connectivity index (χ0v) is 15.2. The van der Waals surface area contributed by atoms with E-state index in [1.54, 1.807) is 0 Å². The summed E-state index contributed by atoms with van der Waals surface area (Å²) in [6.07, 6.45) is 9.94. The van der Waals surface area contributed by atoms with Crippen LogP contribution in [0.1, 0.15) is 47.9 Å². The summed E-state index contributed by atoms with van der Waals surface area (Å²) in [7, 11) is 0. The zero-order valence-electron chi connectivity index (χ0n) is 15.2. The Morgan fingerprint density at radius 3 is 2.69 bits per heavy atom. The van der Waals surface area contributed by atoms with Crippen molar-refractivity contribution in [3.05, 3.63) is 83.4 Å². The number of esters is 1. The second kappa shape index (κ2) is 9.19. The van der Waals surface area contributed by atoms with E-state index in [0.717, 1.165) is 38.5 Å². The van der Waals surface area contributed by atoms with Crippen LogP contribution in [0.3, 0.4) is 0 Å². The summed E-state index contributed by atoms with van der Waals surface area (Å²) in [6, 6.07) is 17.6. The van der Waals surface area contributed by atoms with Gasteiger partial charge in [-0.15, -0.1) is 0 Å². The Morgan fingerprint density at radius 1 is 1.04 bits per heavy atom. The number of carbonyl (C=O) groups excluding carboxylic acids is 1. The lowest BCUT2D eigenvalue weighted by Gasteiger charge is -2.18. The minimum Gasteiger partial charge on any atom is -0.463 e. The van der Waals surface area contributed by atoms with Crippen LogP contribution in [-0.2, 0) is 22.4 Å². The van der Waals surface area contributed by atoms with Crippen molar-refractivity contribution in [2.24, 2.45) is 0 Å². The number of unbranched alkanes of at least 4 members (excludes halogenated alkanes) is 2. The van der Waals surface area contributed by atoms with Crippen molar-refractivity contribution in [3.63, 3.8) is 0 Å². The molecule has 0 amide bonds. The van der Waals surface area contributed by atoms with Gasteiger partial charge in [0.1, 0.15) is 0 Å². The van der Waals surface area contributed by atoms with Crippen molar-refractivity contribution in [2.75, 3.05) is 6.61 Å². The van der Waals surface area contributed by atoms with E-state index in [2.05, 4.69) is 61.2 Å². The van der Waals surface area contributed by atoms with Crippen molar-refractivity contribution in [1.29, 1.82) is 0 Å². The molecule has 0 N–H and O–H groups in total. The summed E-state index contributed by atoms with van der Waals surface area (Å²) < 4.78 is 5.01. The molecule has 0 aromatic heterocycles. The van der Waals surface area contributed by atoms with Crippen molar-refractivity contribution in [2.45, 2.75) is 38.5 Å². The van der Waals surface area contributed by atoms with Gasteiger partial charge in [0, 0.05) is 6.08 Å². The molecule has 1 aliphatic rings. The second-order valence-electron chi connectivity index (χ2n) is 6.75. The molecule has 0 atom stereocenters. The number of hydrogen-bond donors (Lipinski definition) is 0. The number of benzene rings is 2. The minimum absolute atomic E-state index is 0.333. The Labute approximate surface area is 156 Å². The standard InChI is InChI=1S/C24H26O2/c1-2-24(25)26-16-8-4-5-9-19-12-13-21-14-15-22(18-23(21)17-19)20-10-6-3-7-11-20/h2-3,6-7,10-13,17-18H,1,4-5,8-9,14-16H2. The summed E-state index contributed by atoms with van der Waals surface area (Å²) in [4.78, 5) is 11.0. The summed E-state index contributed by atoms with van der Waals surface area (Å²) in [5, 5.41) is 0. The van der Waals surface area contributed by atoms with Gasteiger partial charge in [-0.3, -0.25) is 0 Å². The summed E-state index contributed by atoms with van der Waals surface area (Å²) >= 11 is 0. The van der Waals surface area contributed by atoms with E-state index in [4.69, 9.17) is 4.74 Å². The van der Waals surface area contributed by atoms with Crippen molar-refractivity contribution in [1.82, 2.24) is 0 Å². The molecule has 3 rings (SSSR count). The molecule has 26 heavy (non-hydrogen) atoms. The highest BCUT2D eigenvalue weighted by Gasteiger charge is 2.12. The van der Waals surface area contributed by atoms with Gasteiger partial charge >= 0.3 is 5.97 Å². The highest BCUT2D eigenvalue weighted by Crippen LogP contribution is 2.31. The average Bonchev–Trinajstić information content (AvgIpc) is 2.70. The maximum Gasteiger partial charge on any atom is 0.330 e. The van der Waals surface area contributed by atoms with E-state index in [1.165, 1.54) is 33.9 Å². The molecule has 2 nitrogen and oxygen atoms in total. The topological polar surface area (TPSA) is 26.3 Å². The Balaban J connectivity index is 1.55. The predicted octanol–water partition coefficient (Wildman–Crippen LogP) is 5.62. The lowest BCUT2D eigenvalue weighted by Crippen LogP contribution is -2.02. The van der Waals surface area contributed by atoms with Crippen molar-refractivity contribution in [3.8, 4) is 0 Å². The first-order valence-electron chi connectivity index (χ1n) is 9.43. The predicted molar refractivity (Wildman–Crippen MR) is 108 cm³/mol. The Kier molecular flexibility index (Phi) is 6.43. The molecule has 134 valence electrons. The number of rotatable bonds is 8. The van der Waals surface area contributed by atoms with Gasteiger partial charge in [0.2, 0.25) is 0 Å². The van der Waals surface area contributed by atoms with Crippen LogP contribution in [0, 0.1) is 0 Å². The Bertz CT molecular complexity index is 787. The summed E-state index contributed by atoms with van der Waals surface area (Å²) in [6.45, 7) is 3.88. The van der Waals surface area contributed by atoms with Gasteiger partial charge < -0.3 is 4.74 Å². The smallest absolute Gasteiger partial charge is 0.330 e. The van der Waals surface area contributed by atoms with Crippen LogP contribution in [0.25, 0.3) is 11.6 Å². The normalized spacial score (nSPS) is 12.8. The van der Waals surface area contributed by atoms with Crippen LogP contribution < -0.4 is 0 Å². The monoisotopic (exact) mass is 346 g/mol. The maximum atomic E-state index is 11.0. The van der Waals surface area contributed by atoms with Crippen LogP contribution in [0.15, 0.2) is 61.2 Å². The maximum absolute atomic E-state index is 11.0. The number of allylic oxidation sites excluding steroid dienone is 1. The number of aryl methyl sites for hydroxylation is 2. The van der Waals surface area contributed by atoms with E-state index in [9.17, 15) is 4.79 Å². The molecule has 1 aliphatic carbocycles. The first-order valence-corrected chi connectivity index (χ1v) is 9.43. The van der Waals surface area contributed by atoms with Crippen molar-refractivity contribution < 1.29 is 9.53 Å². The van der Waals surface area contributed by atoms with Crippen LogP contribution in [-0.4, -0.2) is 12.6 Å². The number of carbonyl (C=O) groups is 1. The van der Waals surface area contributed by atoms with E-state index < -0.39 is 0 Å². The third-order valence-electron chi connectivity index (χ3n) is 4.87. The molecule has 2 aromatic rings. The molecule has 0 aliphatic heterocycles. The summed E-state index contributed by atoms with van der Waals surface area (Å²) in [5.74, 6) is -0.333. The molecule has 0 unspecified atom stereocenters. The molecule has 2 aromatic carbocycles. The van der Waals surface area contributed by atoms with Gasteiger partial charge in [-0.25, -0.2) is 4.79 Å². The third kappa shape index (κ3) is 4.95. The van der Waals surface area contributed by atoms with Gasteiger partial charge in [0.05, 0.1) is 6.61 Å². The highest BCUT2D eigenvalue weighted by molar-refractivity contribution is 5.84. The molecule has 0 fully saturated rings. The molecule has 2 heteroatoms. The Hall–Kier alpha value is -2.61. The van der Waals surface area contributed by atoms with E-state index in [0.29, 0.717) is 6.61 Å². The average molecular weight is 346 g/mol. The first kappa shape index (κ1) is 18.2. The number of hydrogen-bond acceptors (Lipinski definition) is 2. The van der Waals surface area contributed by atoms with Crippen LogP contribution in [0.5, 0.6) is 0 Å². The third-order valence-corrected chi connectivity index (χ3v) is 4.87. The minimum atomic E-state index is -0.333. The summed E-state index contributed by atoms with van der Waals surface area (Å²) in [5.41, 5.74) is 6.96. The fourth-order valence-corrected chi connectivity index (χ4v) is 3.41. The lowest BCUT2D eigenvalue weighted by molar-refractivity contribution is -0.137. The first-order chi connectivity index (χ1) is 12.8. The molecule has 0 bridgehead atoms.